The van der Waals surface area contributed by atoms with Crippen LogP contribution in [0.4, 0.5) is 11.4 Å². The first-order valence-corrected chi connectivity index (χ1v) is 22.4. The molecule has 0 aromatic heterocycles. The zero-order valence-corrected chi connectivity index (χ0v) is 35.0. The van der Waals surface area contributed by atoms with Gasteiger partial charge in [0.1, 0.15) is 0 Å². The lowest BCUT2D eigenvalue weighted by Crippen LogP contribution is -2.06. The fraction of sp³-hybridized carbons (Fsp3) is 0.0323. The Balaban J connectivity index is 1.04. The van der Waals surface area contributed by atoms with Crippen LogP contribution >= 0.6 is 0 Å². The molecule has 2 heterocycles. The third-order valence-corrected chi connectivity index (χ3v) is 14.1. The Labute approximate surface area is 372 Å². The van der Waals surface area contributed by atoms with Gasteiger partial charge in [-0.25, -0.2) is 0 Å². The van der Waals surface area contributed by atoms with Crippen LogP contribution in [0.3, 0.4) is 0 Å². The van der Waals surface area contributed by atoms with Crippen LogP contribution in [0.15, 0.2) is 194 Å². The summed E-state index contributed by atoms with van der Waals surface area (Å²) >= 11 is 0. The van der Waals surface area contributed by atoms with Gasteiger partial charge in [0, 0.05) is 35.6 Å². The third kappa shape index (κ3) is 5.20. The van der Waals surface area contributed by atoms with Crippen LogP contribution in [0.2, 0.25) is 0 Å². The van der Waals surface area contributed by atoms with Crippen LogP contribution in [0.1, 0.15) is 11.1 Å². The van der Waals surface area contributed by atoms with E-state index >= 15 is 0 Å². The van der Waals surface area contributed by atoms with Gasteiger partial charge < -0.3 is 10.6 Å². The first-order valence-electron chi connectivity index (χ1n) is 22.4. The number of anilines is 2. The summed E-state index contributed by atoms with van der Waals surface area (Å²) in [5.74, 6) is 0. The van der Waals surface area contributed by atoms with Gasteiger partial charge >= 0.3 is 0 Å². The molecule has 2 nitrogen and oxygen atoms in total. The lowest BCUT2D eigenvalue weighted by Gasteiger charge is -2.21. The third-order valence-electron chi connectivity index (χ3n) is 14.1. The topological polar surface area (TPSA) is 24.1 Å². The molecule has 0 saturated heterocycles. The van der Waals surface area contributed by atoms with Crippen LogP contribution in [0.25, 0.3) is 134 Å². The van der Waals surface area contributed by atoms with E-state index in [0.29, 0.717) is 0 Å². The number of benzene rings is 10. The van der Waals surface area contributed by atoms with Crippen molar-refractivity contribution in [2.24, 2.45) is 0 Å². The van der Waals surface area contributed by atoms with Crippen molar-refractivity contribution >= 4 is 45.1 Å². The summed E-state index contributed by atoms with van der Waals surface area (Å²) in [6.07, 6.45) is 8.89. The molecule has 10 aromatic carbocycles. The number of rotatable bonds is 5. The van der Waals surface area contributed by atoms with Gasteiger partial charge in [0.15, 0.2) is 0 Å². The van der Waals surface area contributed by atoms with Crippen molar-refractivity contribution in [3.63, 3.8) is 0 Å². The molecule has 2 aliphatic carbocycles. The van der Waals surface area contributed by atoms with Gasteiger partial charge in [-0.3, -0.25) is 0 Å². The summed E-state index contributed by atoms with van der Waals surface area (Å²) in [4.78, 5) is 0. The van der Waals surface area contributed by atoms with Crippen molar-refractivity contribution in [1.29, 1.82) is 0 Å². The van der Waals surface area contributed by atoms with Gasteiger partial charge in [0.05, 0.1) is 0 Å². The Morgan fingerprint density at radius 1 is 0.266 bits per heavy atom. The maximum atomic E-state index is 3.73. The molecule has 64 heavy (non-hydrogen) atoms. The van der Waals surface area contributed by atoms with E-state index in [9.17, 15) is 0 Å². The molecule has 0 atom stereocenters. The lowest BCUT2D eigenvalue weighted by molar-refractivity contribution is 1.31. The quantitative estimate of drug-likeness (QED) is 0.181. The Morgan fingerprint density at radius 2 is 0.594 bits per heavy atom. The predicted octanol–water partition coefficient (Wildman–Crippen LogP) is 16.5. The fourth-order valence-electron chi connectivity index (χ4n) is 11.3. The summed E-state index contributed by atoms with van der Waals surface area (Å²) in [6.45, 7) is 1.62. The van der Waals surface area contributed by atoms with Crippen molar-refractivity contribution in [3.05, 3.63) is 205 Å². The Hall–Kier alpha value is -8.20. The molecule has 0 radical (unpaired) electrons. The molecule has 0 spiro atoms. The molecular weight excluding hydrogens is 773 g/mol. The van der Waals surface area contributed by atoms with Gasteiger partial charge in [-0.15, -0.1) is 0 Å². The zero-order valence-electron chi connectivity index (χ0n) is 35.0. The van der Waals surface area contributed by atoms with E-state index in [2.05, 4.69) is 217 Å². The second-order valence-corrected chi connectivity index (χ2v) is 17.6. The number of para-hydroxylation sites is 2. The monoisotopic (exact) mass is 812 g/mol. The smallest absolute Gasteiger partial charge is 0.0495 e. The zero-order chi connectivity index (χ0) is 41.9. The molecule has 0 amide bonds. The molecule has 10 aromatic rings. The van der Waals surface area contributed by atoms with Crippen LogP contribution in [-0.4, -0.2) is 13.1 Å². The van der Waals surface area contributed by atoms with Gasteiger partial charge in [-0.1, -0.05) is 170 Å². The Morgan fingerprint density at radius 3 is 1.03 bits per heavy atom. The van der Waals surface area contributed by atoms with Crippen molar-refractivity contribution in [3.8, 4) is 100 Å². The molecule has 0 fully saturated rings. The van der Waals surface area contributed by atoms with E-state index in [1.54, 1.807) is 0 Å². The van der Waals surface area contributed by atoms with Crippen LogP contribution in [-0.2, 0) is 0 Å². The van der Waals surface area contributed by atoms with E-state index in [4.69, 9.17) is 0 Å². The van der Waals surface area contributed by atoms with Gasteiger partial charge in [0.2, 0.25) is 0 Å². The largest absolute Gasteiger partial charge is 0.381 e. The number of fused-ring (bicyclic) bond motifs is 8. The molecule has 14 rings (SSSR count). The summed E-state index contributed by atoms with van der Waals surface area (Å²) in [5.41, 5.74) is 27.4. The Kier molecular flexibility index (Phi) is 7.55. The molecule has 0 bridgehead atoms. The van der Waals surface area contributed by atoms with Crippen LogP contribution in [0, 0.1) is 0 Å². The minimum absolute atomic E-state index is 0.809. The highest BCUT2D eigenvalue weighted by Gasteiger charge is 2.25. The lowest BCUT2D eigenvalue weighted by atomic mass is 9.86. The first kappa shape index (κ1) is 35.4. The van der Waals surface area contributed by atoms with Crippen molar-refractivity contribution in [2.75, 3.05) is 23.7 Å². The van der Waals surface area contributed by atoms with E-state index < -0.39 is 0 Å². The molecule has 0 unspecified atom stereocenters. The molecular formula is C62H40N2. The summed E-state index contributed by atoms with van der Waals surface area (Å²) in [6, 6.07) is 68.8. The van der Waals surface area contributed by atoms with E-state index in [1.807, 2.05) is 0 Å². The molecule has 4 aliphatic rings. The van der Waals surface area contributed by atoms with Crippen molar-refractivity contribution < 1.29 is 0 Å². The maximum Gasteiger partial charge on any atom is 0.0495 e. The highest BCUT2D eigenvalue weighted by atomic mass is 14.9. The number of hydrogen-bond donors (Lipinski definition) is 2. The van der Waals surface area contributed by atoms with E-state index in [0.717, 1.165) is 13.1 Å². The second kappa shape index (κ2) is 13.6. The summed E-state index contributed by atoms with van der Waals surface area (Å²) in [5, 5.41) is 12.7. The number of hydrogen-bond acceptors (Lipinski definition) is 2. The summed E-state index contributed by atoms with van der Waals surface area (Å²) in [7, 11) is 0. The summed E-state index contributed by atoms with van der Waals surface area (Å²) < 4.78 is 0. The van der Waals surface area contributed by atoms with Gasteiger partial charge in [-0.05, 0) is 158 Å². The highest BCUT2D eigenvalue weighted by molar-refractivity contribution is 6.20. The second-order valence-electron chi connectivity index (χ2n) is 17.6. The van der Waals surface area contributed by atoms with E-state index in [-0.39, 0.29) is 0 Å². The SMILES string of the molecule is C1=Cc2cccc(-c3cc(-c4cc(-c5ccc6c7c(cccc57)-c5ccccc5-6)cc(-c5ccc6c7c(cccc57)-c5ccccc5-6)c4)cc(-c4cccc5c4NCC=C5)c3)c2NC1. The van der Waals surface area contributed by atoms with E-state index in [1.165, 1.54) is 144 Å². The van der Waals surface area contributed by atoms with Gasteiger partial charge in [-0.2, -0.15) is 0 Å². The fourth-order valence-corrected chi connectivity index (χ4v) is 11.3. The van der Waals surface area contributed by atoms with Crippen LogP contribution < -0.4 is 10.6 Å². The minimum atomic E-state index is 0.809. The molecule has 298 valence electrons. The van der Waals surface area contributed by atoms with Crippen molar-refractivity contribution in [1.82, 2.24) is 0 Å². The standard InChI is InChI=1S/C62H40N2/c1-3-17-51-49(15-1)55-23-7-21-53-45(25-27-57(51)59(53)55)41-31-39(32-42(35-41)46-26-28-58-52-18-4-2-16-50(52)56-24-8-22-54(46)60(56)58)40-33-43(47-19-5-11-37-13-9-29-63-61(37)47)36-44(34-40)48-20-6-12-38-14-10-30-64-62(38)48/h1-28,31-36,63-64H,29-30H2. The molecule has 0 saturated carbocycles. The maximum absolute atomic E-state index is 3.73. The minimum Gasteiger partial charge on any atom is -0.381 e. The first-order chi connectivity index (χ1) is 31.7. The predicted molar refractivity (Wildman–Crippen MR) is 273 cm³/mol. The molecule has 2 N–H and O–H groups in total. The Bertz CT molecular complexity index is 3440. The van der Waals surface area contributed by atoms with Gasteiger partial charge in [0.25, 0.3) is 0 Å². The van der Waals surface area contributed by atoms with Crippen molar-refractivity contribution in [2.45, 2.75) is 0 Å². The normalized spacial score (nSPS) is 13.3. The average molecular weight is 813 g/mol. The average Bonchev–Trinajstić information content (AvgIpc) is 3.87. The highest BCUT2D eigenvalue weighted by Crippen LogP contribution is 2.52. The van der Waals surface area contributed by atoms with Crippen LogP contribution in [0.5, 0.6) is 0 Å². The molecule has 2 aliphatic heterocycles. The number of nitrogens with one attached hydrogen (secondary N) is 2. The molecule has 2 heteroatoms.